The van der Waals surface area contributed by atoms with Gasteiger partial charge in [-0.3, -0.25) is 0 Å². The Balaban J connectivity index is 1.21. The lowest BCUT2D eigenvalue weighted by molar-refractivity contribution is -0.193. The first-order valence-electron chi connectivity index (χ1n) is 15.5. The second kappa shape index (κ2) is 11.7. The summed E-state index contributed by atoms with van der Waals surface area (Å²) >= 11 is 0. The molecule has 5 saturated carbocycles. The van der Waals surface area contributed by atoms with E-state index < -0.39 is 6.10 Å². The predicted octanol–water partition coefficient (Wildman–Crippen LogP) is 5.91. The lowest BCUT2D eigenvalue weighted by atomic mass is 9.48. The summed E-state index contributed by atoms with van der Waals surface area (Å²) < 4.78 is 24.9. The van der Waals surface area contributed by atoms with Crippen LogP contribution in [-0.2, 0) is 23.7 Å². The molecule has 7 aliphatic rings. The standard InChI is InChI=1S/C31H48O6/c32-10-8-25-26(28(17-27(25)33)37-30-6-2-4-12-35-30)16-24(36-29-5-1-3-11-34-29)7-9-31-18-21-13-22(19-31)15-23(14-21)20-31/h10,16,21-23,25-30,33H,1-9,11-15,17-20H2. The molecule has 0 aromatic carbocycles. The number of allylic oxidation sites excluding steroid dienone is 1. The van der Waals surface area contributed by atoms with Gasteiger partial charge in [-0.05, 0) is 106 Å². The van der Waals surface area contributed by atoms with Gasteiger partial charge in [-0.1, -0.05) is 0 Å². The van der Waals surface area contributed by atoms with Crippen LogP contribution in [0.4, 0.5) is 0 Å². The molecule has 2 heterocycles. The van der Waals surface area contributed by atoms with Crippen molar-refractivity contribution in [2.45, 2.75) is 128 Å². The fourth-order valence-corrected chi connectivity index (χ4v) is 9.27. The molecule has 4 bridgehead atoms. The summed E-state index contributed by atoms with van der Waals surface area (Å²) in [7, 11) is 0. The molecular weight excluding hydrogens is 468 g/mol. The quantitative estimate of drug-likeness (QED) is 0.288. The Morgan fingerprint density at radius 1 is 0.892 bits per heavy atom. The molecule has 37 heavy (non-hydrogen) atoms. The highest BCUT2D eigenvalue weighted by molar-refractivity contribution is 5.50. The molecule has 7 rings (SSSR count). The molecule has 2 aliphatic heterocycles. The van der Waals surface area contributed by atoms with E-state index in [4.69, 9.17) is 18.9 Å². The minimum Gasteiger partial charge on any atom is -0.470 e. The third-order valence-corrected chi connectivity index (χ3v) is 10.6. The Morgan fingerprint density at radius 3 is 2.14 bits per heavy atom. The molecule has 6 unspecified atom stereocenters. The van der Waals surface area contributed by atoms with Crippen molar-refractivity contribution in [3.8, 4) is 0 Å². The van der Waals surface area contributed by atoms with Crippen molar-refractivity contribution in [3.05, 3.63) is 11.8 Å². The molecule has 6 heteroatoms. The number of hydrogen-bond donors (Lipinski definition) is 1. The van der Waals surface area contributed by atoms with Crippen LogP contribution >= 0.6 is 0 Å². The van der Waals surface area contributed by atoms with Crippen LogP contribution in [0.2, 0.25) is 0 Å². The lowest BCUT2D eigenvalue weighted by Crippen LogP contribution is -2.46. The first-order chi connectivity index (χ1) is 18.1. The molecule has 0 spiro atoms. The van der Waals surface area contributed by atoms with Gasteiger partial charge in [-0.2, -0.15) is 0 Å². The highest BCUT2D eigenvalue weighted by atomic mass is 16.7. The normalized spacial score (nSPS) is 45.8. The number of aliphatic hydroxyl groups excluding tert-OH is 1. The molecule has 0 aromatic heterocycles. The van der Waals surface area contributed by atoms with E-state index in [0.717, 1.165) is 88.0 Å². The highest BCUT2D eigenvalue weighted by Crippen LogP contribution is 2.62. The largest absolute Gasteiger partial charge is 0.470 e. The average Bonchev–Trinajstić information content (AvgIpc) is 3.17. The van der Waals surface area contributed by atoms with Crippen LogP contribution in [0.1, 0.15) is 103 Å². The lowest BCUT2D eigenvalue weighted by Gasteiger charge is -2.57. The van der Waals surface area contributed by atoms with Gasteiger partial charge >= 0.3 is 0 Å². The van der Waals surface area contributed by atoms with Crippen LogP contribution < -0.4 is 0 Å². The van der Waals surface area contributed by atoms with Crippen LogP contribution in [0, 0.1) is 35.0 Å². The van der Waals surface area contributed by atoms with Crippen LogP contribution in [0.3, 0.4) is 0 Å². The number of rotatable bonds is 10. The van der Waals surface area contributed by atoms with Crippen LogP contribution in [0.15, 0.2) is 11.8 Å². The van der Waals surface area contributed by atoms with Crippen molar-refractivity contribution < 1.29 is 28.8 Å². The summed E-state index contributed by atoms with van der Waals surface area (Å²) in [5.74, 6) is 3.62. The maximum Gasteiger partial charge on any atom is 0.199 e. The van der Waals surface area contributed by atoms with Gasteiger partial charge in [-0.25, -0.2) is 0 Å². The zero-order valence-electron chi connectivity index (χ0n) is 22.6. The molecular formula is C31H48O6. The summed E-state index contributed by atoms with van der Waals surface area (Å²) in [6, 6.07) is 0. The van der Waals surface area contributed by atoms with Gasteiger partial charge in [0.05, 0.1) is 24.6 Å². The summed E-state index contributed by atoms with van der Waals surface area (Å²) in [4.78, 5) is 11.6. The number of aliphatic hydroxyl groups is 1. The van der Waals surface area contributed by atoms with Gasteiger partial charge in [0.15, 0.2) is 12.6 Å². The smallest absolute Gasteiger partial charge is 0.199 e. The van der Waals surface area contributed by atoms with E-state index in [-0.39, 0.29) is 30.5 Å². The molecule has 5 aliphatic carbocycles. The molecule has 1 N–H and O–H groups in total. The molecule has 0 aromatic rings. The number of aldehydes is 1. The molecule has 208 valence electrons. The van der Waals surface area contributed by atoms with Crippen molar-refractivity contribution in [1.29, 1.82) is 0 Å². The van der Waals surface area contributed by atoms with Crippen LogP contribution in [0.5, 0.6) is 0 Å². The third-order valence-electron chi connectivity index (χ3n) is 10.6. The predicted molar refractivity (Wildman–Crippen MR) is 139 cm³/mol. The highest BCUT2D eigenvalue weighted by Gasteiger charge is 2.50. The Bertz CT molecular complexity index is 762. The maximum atomic E-state index is 11.6. The fourth-order valence-electron chi connectivity index (χ4n) is 9.27. The van der Waals surface area contributed by atoms with Crippen molar-refractivity contribution >= 4 is 6.29 Å². The van der Waals surface area contributed by atoms with Crippen molar-refractivity contribution in [2.24, 2.45) is 35.0 Å². The molecule has 0 radical (unpaired) electrons. The molecule has 6 atom stereocenters. The van der Waals surface area contributed by atoms with E-state index in [2.05, 4.69) is 6.08 Å². The summed E-state index contributed by atoms with van der Waals surface area (Å²) in [5, 5.41) is 10.9. The molecule has 7 fully saturated rings. The Morgan fingerprint density at radius 2 is 1.54 bits per heavy atom. The maximum absolute atomic E-state index is 11.6. The SMILES string of the molecule is O=CCC1C(O)CC(OC2CCCCO2)C1C=C(CCC12CC3CC(CC(C3)C1)C2)OC1CCCCO1. The van der Waals surface area contributed by atoms with Crippen LogP contribution in [0.25, 0.3) is 0 Å². The zero-order valence-corrected chi connectivity index (χ0v) is 22.6. The summed E-state index contributed by atoms with van der Waals surface area (Å²) in [6.45, 7) is 1.49. The van der Waals surface area contributed by atoms with E-state index >= 15 is 0 Å². The monoisotopic (exact) mass is 516 g/mol. The first-order valence-corrected chi connectivity index (χ1v) is 15.5. The van der Waals surface area contributed by atoms with Crippen LogP contribution in [-0.4, -0.2) is 49.4 Å². The fraction of sp³-hybridized carbons (Fsp3) is 0.903. The van der Waals surface area contributed by atoms with Crippen molar-refractivity contribution in [2.75, 3.05) is 13.2 Å². The van der Waals surface area contributed by atoms with Gasteiger partial charge in [0.1, 0.15) is 6.29 Å². The second-order valence-electron chi connectivity index (χ2n) is 13.4. The zero-order chi connectivity index (χ0) is 25.2. The molecule has 2 saturated heterocycles. The Hall–Kier alpha value is -0.950. The van der Waals surface area contributed by atoms with E-state index in [9.17, 15) is 9.90 Å². The van der Waals surface area contributed by atoms with Gasteiger partial charge in [0, 0.05) is 44.1 Å². The first kappa shape index (κ1) is 26.3. The van der Waals surface area contributed by atoms with E-state index in [0.29, 0.717) is 18.3 Å². The second-order valence-corrected chi connectivity index (χ2v) is 13.4. The van der Waals surface area contributed by atoms with Gasteiger partial charge < -0.3 is 28.8 Å². The van der Waals surface area contributed by atoms with Crippen molar-refractivity contribution in [3.63, 3.8) is 0 Å². The Kier molecular flexibility index (Phi) is 8.28. The van der Waals surface area contributed by atoms with E-state index in [1.807, 2.05) is 0 Å². The third kappa shape index (κ3) is 6.13. The average molecular weight is 517 g/mol. The van der Waals surface area contributed by atoms with Gasteiger partial charge in [-0.15, -0.1) is 0 Å². The minimum atomic E-state index is -0.546. The van der Waals surface area contributed by atoms with Gasteiger partial charge in [0.2, 0.25) is 0 Å². The molecule has 0 amide bonds. The number of ether oxygens (including phenoxy) is 4. The van der Waals surface area contributed by atoms with Crippen molar-refractivity contribution in [1.82, 2.24) is 0 Å². The molecule has 6 nitrogen and oxygen atoms in total. The summed E-state index contributed by atoms with van der Waals surface area (Å²) in [6.07, 6.45) is 19.9. The topological polar surface area (TPSA) is 74.2 Å². The van der Waals surface area contributed by atoms with E-state index in [1.54, 1.807) is 0 Å². The minimum absolute atomic E-state index is 0.0549. The number of carbonyl (C=O) groups excluding carboxylic acids is 1. The van der Waals surface area contributed by atoms with Gasteiger partial charge in [0.25, 0.3) is 0 Å². The summed E-state index contributed by atoms with van der Waals surface area (Å²) in [5.41, 5.74) is 0.480. The van der Waals surface area contributed by atoms with E-state index in [1.165, 1.54) is 44.9 Å². The Labute approximate surface area is 222 Å². The number of hydrogen-bond acceptors (Lipinski definition) is 6. The number of carbonyl (C=O) groups is 1.